The van der Waals surface area contributed by atoms with Crippen molar-refractivity contribution >= 4 is 40.6 Å². The van der Waals surface area contributed by atoms with Crippen molar-refractivity contribution in [3.05, 3.63) is 16.7 Å². The van der Waals surface area contributed by atoms with E-state index in [4.69, 9.17) is 25.2 Å². The van der Waals surface area contributed by atoms with E-state index in [9.17, 15) is 28.5 Å². The van der Waals surface area contributed by atoms with Gasteiger partial charge in [0, 0.05) is 7.11 Å². The summed E-state index contributed by atoms with van der Waals surface area (Å²) in [7, 11) is -15.6. The maximum Gasteiger partial charge on any atom is 0.490 e. The average molecular weight is 523 g/mol. The summed E-state index contributed by atoms with van der Waals surface area (Å²) in [5.74, 6) is -0.207. The van der Waals surface area contributed by atoms with Crippen molar-refractivity contribution in [2.75, 3.05) is 19.5 Å². The first-order valence-electron chi connectivity index (χ1n) is 8.19. The quantitative estimate of drug-likeness (QED) is 0.170. The highest BCUT2D eigenvalue weighted by atomic mass is 31.3. The van der Waals surface area contributed by atoms with Crippen LogP contribution in [0.25, 0.3) is 11.2 Å². The SMILES string of the molecule is CO[C@](C)(COP(=O)(O)OP(=O)(O)OP(=O)(O)O)[C@@H](O)Cn1cnc2c(=O)[nH]c(N)nc21. The number of anilines is 1. The Labute approximate surface area is 178 Å². The Balaban J connectivity index is 2.14. The summed E-state index contributed by atoms with van der Waals surface area (Å²) >= 11 is 0. The second kappa shape index (κ2) is 9.38. The largest absolute Gasteiger partial charge is 0.490 e. The molecule has 21 heteroatoms. The van der Waals surface area contributed by atoms with Gasteiger partial charge in [-0.2, -0.15) is 13.6 Å². The summed E-state index contributed by atoms with van der Waals surface area (Å²) in [6, 6.07) is 0. The van der Waals surface area contributed by atoms with Gasteiger partial charge in [0.05, 0.1) is 19.5 Å². The van der Waals surface area contributed by atoms with Gasteiger partial charge in [-0.3, -0.25) is 14.3 Å². The van der Waals surface area contributed by atoms with Crippen molar-refractivity contribution in [1.29, 1.82) is 0 Å². The van der Waals surface area contributed by atoms with Gasteiger partial charge < -0.3 is 39.7 Å². The lowest BCUT2D eigenvalue weighted by atomic mass is 10.00. The molecule has 0 saturated heterocycles. The smallest absolute Gasteiger partial charge is 0.388 e. The van der Waals surface area contributed by atoms with Gasteiger partial charge in [0.2, 0.25) is 5.95 Å². The summed E-state index contributed by atoms with van der Waals surface area (Å²) < 4.78 is 52.0. The fraction of sp³-hybridized carbons (Fsp3) is 0.545. The second-order valence-electron chi connectivity index (χ2n) is 6.42. The number of hydrogen-bond acceptors (Lipinski definition) is 12. The van der Waals surface area contributed by atoms with Crippen LogP contribution in [0, 0.1) is 0 Å². The zero-order chi connectivity index (χ0) is 24.5. The summed E-state index contributed by atoms with van der Waals surface area (Å²) in [6.45, 7) is -0.0102. The number of ether oxygens (including phenoxy) is 1. The Morgan fingerprint density at radius 1 is 1.22 bits per heavy atom. The van der Waals surface area contributed by atoms with E-state index in [-0.39, 0.29) is 23.7 Å². The monoisotopic (exact) mass is 523 g/mol. The molecule has 0 radical (unpaired) electrons. The number of hydrogen-bond donors (Lipinski definition) is 7. The molecular formula is C11H20N5O13P3. The number of H-pyrrole nitrogens is 1. The molecular weight excluding hydrogens is 503 g/mol. The molecule has 0 bridgehead atoms. The number of phosphoric acid groups is 3. The van der Waals surface area contributed by atoms with E-state index < -0.39 is 47.3 Å². The van der Waals surface area contributed by atoms with Crippen molar-refractivity contribution in [3.8, 4) is 0 Å². The predicted octanol–water partition coefficient (Wildman–Crippen LogP) is -1.19. The van der Waals surface area contributed by atoms with E-state index in [1.54, 1.807) is 0 Å². The molecule has 0 aromatic carbocycles. The van der Waals surface area contributed by atoms with Gasteiger partial charge >= 0.3 is 23.5 Å². The molecule has 8 N–H and O–H groups in total. The van der Waals surface area contributed by atoms with E-state index in [0.717, 1.165) is 7.11 Å². The summed E-state index contributed by atoms with van der Waals surface area (Å²) in [5.41, 5.74) is 3.07. The molecule has 2 aromatic heterocycles. The van der Waals surface area contributed by atoms with E-state index in [0.29, 0.717) is 0 Å². The van der Waals surface area contributed by atoms with Crippen LogP contribution in [0.2, 0.25) is 0 Å². The van der Waals surface area contributed by atoms with E-state index in [1.807, 2.05) is 0 Å². The Morgan fingerprint density at radius 2 is 1.84 bits per heavy atom. The number of aromatic nitrogens is 4. The number of aromatic amines is 1. The molecule has 0 amide bonds. The standard InChI is InChI=1S/C11H20N5O13P3/c1-11(26-2,4-27-31(22,23)29-32(24,25)28-30(19,20)21)6(17)3-16-5-13-7-8(16)14-10(12)15-9(7)18/h5-6,17H,3-4H2,1-2H3,(H,22,23)(H,24,25)(H2,19,20,21)(H3,12,14,15,18)/t6-,11+/m0/s1. The molecule has 0 spiro atoms. The number of aliphatic hydroxyl groups excluding tert-OH is 1. The molecule has 0 aliphatic carbocycles. The third-order valence-corrected chi connectivity index (χ3v) is 7.75. The Hall–Kier alpha value is -1.52. The van der Waals surface area contributed by atoms with Crippen LogP contribution in [0.1, 0.15) is 6.92 Å². The first kappa shape index (κ1) is 26.7. The molecule has 2 unspecified atom stereocenters. The second-order valence-corrected chi connectivity index (χ2v) is 10.8. The lowest BCUT2D eigenvalue weighted by Crippen LogP contribution is -2.47. The zero-order valence-electron chi connectivity index (χ0n) is 16.3. The number of nitrogen functional groups attached to an aromatic ring is 1. The highest BCUT2D eigenvalue weighted by Gasteiger charge is 2.43. The van der Waals surface area contributed by atoms with Crippen molar-refractivity contribution in [3.63, 3.8) is 0 Å². The lowest BCUT2D eigenvalue weighted by Gasteiger charge is -2.33. The molecule has 4 atom stereocenters. The van der Waals surface area contributed by atoms with E-state index in [2.05, 4.69) is 28.1 Å². The predicted molar refractivity (Wildman–Crippen MR) is 104 cm³/mol. The van der Waals surface area contributed by atoms with Crippen LogP contribution in [0.15, 0.2) is 11.1 Å². The molecule has 2 heterocycles. The molecule has 0 fully saturated rings. The van der Waals surface area contributed by atoms with Gasteiger partial charge in [0.15, 0.2) is 11.2 Å². The maximum atomic E-state index is 11.9. The minimum atomic E-state index is -5.70. The van der Waals surface area contributed by atoms with Crippen LogP contribution in [0.5, 0.6) is 0 Å². The average Bonchev–Trinajstić information content (AvgIpc) is 2.99. The number of nitrogens with two attached hydrogens (primary N) is 1. The number of rotatable bonds is 11. The van der Waals surface area contributed by atoms with Crippen molar-refractivity contribution in [1.82, 2.24) is 19.5 Å². The number of nitrogens with zero attached hydrogens (tertiary/aromatic N) is 3. The Bertz CT molecular complexity index is 1180. The van der Waals surface area contributed by atoms with Crippen molar-refractivity contribution < 1.29 is 56.3 Å². The summed E-state index contributed by atoms with van der Waals surface area (Å²) in [4.78, 5) is 57.6. The van der Waals surface area contributed by atoms with Gasteiger partial charge in [0.25, 0.3) is 5.56 Å². The minimum Gasteiger partial charge on any atom is -0.388 e. The van der Waals surface area contributed by atoms with Gasteiger partial charge in [0.1, 0.15) is 11.7 Å². The van der Waals surface area contributed by atoms with Crippen LogP contribution < -0.4 is 11.3 Å². The highest BCUT2D eigenvalue weighted by molar-refractivity contribution is 7.66. The summed E-state index contributed by atoms with van der Waals surface area (Å²) in [6.07, 6.45) is -0.340. The molecule has 2 aromatic rings. The Morgan fingerprint density at radius 3 is 2.41 bits per heavy atom. The number of nitrogens with one attached hydrogen (secondary N) is 1. The van der Waals surface area contributed by atoms with Crippen LogP contribution in [-0.4, -0.2) is 69.6 Å². The van der Waals surface area contributed by atoms with Crippen LogP contribution in [-0.2, 0) is 38.1 Å². The number of methoxy groups -OCH3 is 1. The van der Waals surface area contributed by atoms with Crippen LogP contribution >= 0.6 is 23.5 Å². The maximum absolute atomic E-state index is 11.9. The van der Waals surface area contributed by atoms with Gasteiger partial charge in [-0.1, -0.05) is 0 Å². The highest BCUT2D eigenvalue weighted by Crippen LogP contribution is 2.66. The number of aliphatic hydroxyl groups is 1. The van der Waals surface area contributed by atoms with Crippen molar-refractivity contribution in [2.24, 2.45) is 0 Å². The molecule has 0 aliphatic heterocycles. The lowest BCUT2D eigenvalue weighted by molar-refractivity contribution is -0.119. The normalized spacial score (nSPS) is 19.2. The van der Waals surface area contributed by atoms with Gasteiger partial charge in [-0.25, -0.2) is 18.7 Å². The fourth-order valence-electron chi connectivity index (χ4n) is 2.29. The number of phosphoric ester groups is 1. The van der Waals surface area contributed by atoms with Gasteiger partial charge in [-0.05, 0) is 6.92 Å². The molecule has 0 aliphatic rings. The first-order chi connectivity index (χ1) is 14.5. The van der Waals surface area contributed by atoms with E-state index in [1.165, 1.54) is 17.8 Å². The molecule has 182 valence electrons. The Kier molecular flexibility index (Phi) is 7.84. The van der Waals surface area contributed by atoms with Crippen LogP contribution in [0.3, 0.4) is 0 Å². The van der Waals surface area contributed by atoms with Crippen LogP contribution in [0.4, 0.5) is 5.95 Å². The third-order valence-electron chi connectivity index (χ3n) is 3.96. The number of imidazole rings is 1. The molecule has 18 nitrogen and oxygen atoms in total. The topological polar surface area (TPSA) is 279 Å². The zero-order valence-corrected chi connectivity index (χ0v) is 19.0. The van der Waals surface area contributed by atoms with E-state index >= 15 is 0 Å². The fourth-order valence-corrected chi connectivity index (χ4v) is 5.40. The minimum absolute atomic E-state index is 0.0247. The third kappa shape index (κ3) is 6.99. The molecule has 0 saturated carbocycles. The summed E-state index contributed by atoms with van der Waals surface area (Å²) in [5, 5.41) is 10.6. The van der Waals surface area contributed by atoms with Gasteiger partial charge in [-0.15, -0.1) is 0 Å². The molecule has 32 heavy (non-hydrogen) atoms. The van der Waals surface area contributed by atoms with Crippen molar-refractivity contribution in [2.45, 2.75) is 25.2 Å². The first-order valence-corrected chi connectivity index (χ1v) is 12.7. The number of fused-ring (bicyclic) bond motifs is 1. The molecule has 2 rings (SSSR count).